The van der Waals surface area contributed by atoms with Crippen LogP contribution >= 0.6 is 34.5 Å². The lowest BCUT2D eigenvalue weighted by Crippen LogP contribution is -2.20. The maximum absolute atomic E-state index is 12.7. The van der Waals surface area contributed by atoms with Gasteiger partial charge in [-0.05, 0) is 54.1 Å². The van der Waals surface area contributed by atoms with Gasteiger partial charge in [-0.25, -0.2) is 4.98 Å². The number of hydrogen-bond donors (Lipinski definition) is 0. The number of hydrogen-bond acceptors (Lipinski definition) is 3. The Morgan fingerprint density at radius 1 is 1.35 bits per heavy atom. The second kappa shape index (κ2) is 5.48. The molecule has 0 aliphatic carbocycles. The molecule has 2 aromatic heterocycles. The van der Waals surface area contributed by atoms with Crippen LogP contribution in [0.25, 0.3) is 22.6 Å². The molecular weight excluding hydrogens is 351 g/mol. The molecule has 3 aromatic rings. The van der Waals surface area contributed by atoms with E-state index in [0.29, 0.717) is 33.3 Å². The first-order valence-corrected chi connectivity index (χ1v) is 8.83. The highest BCUT2D eigenvalue weighted by Crippen LogP contribution is 2.32. The number of nitrogens with zero attached hydrogens (tertiary/aromatic N) is 2. The molecule has 23 heavy (non-hydrogen) atoms. The lowest BCUT2D eigenvalue weighted by molar-refractivity contribution is 0.725. The zero-order valence-electron chi connectivity index (χ0n) is 12.3. The van der Waals surface area contributed by atoms with Crippen molar-refractivity contribution in [3.8, 4) is 0 Å². The van der Waals surface area contributed by atoms with Crippen LogP contribution in [0.1, 0.15) is 22.7 Å². The molecule has 0 N–H and O–H groups in total. The predicted molar refractivity (Wildman–Crippen MR) is 97.6 cm³/mol. The van der Waals surface area contributed by atoms with Crippen molar-refractivity contribution in [1.29, 1.82) is 0 Å². The molecule has 0 amide bonds. The number of allylic oxidation sites excluding steroid dienone is 1. The lowest BCUT2D eigenvalue weighted by Gasteiger charge is -2.07. The van der Waals surface area contributed by atoms with Gasteiger partial charge in [0.1, 0.15) is 5.82 Å². The molecule has 1 aliphatic rings. The van der Waals surface area contributed by atoms with E-state index >= 15 is 0 Å². The molecule has 0 spiro atoms. The third-order valence-electron chi connectivity index (χ3n) is 4.08. The zero-order valence-corrected chi connectivity index (χ0v) is 14.6. The van der Waals surface area contributed by atoms with Crippen LogP contribution in [0.2, 0.25) is 10.0 Å². The summed E-state index contributed by atoms with van der Waals surface area (Å²) in [7, 11) is 0. The second-order valence-corrected chi connectivity index (χ2v) is 7.35. The van der Waals surface area contributed by atoms with Crippen LogP contribution in [-0.4, -0.2) is 9.55 Å². The summed E-state index contributed by atoms with van der Waals surface area (Å²) < 4.78 is 1.71. The number of aromatic nitrogens is 2. The summed E-state index contributed by atoms with van der Waals surface area (Å²) in [5.74, 6) is 0.708. The SMILES string of the molecule is Cc1ccsc1/C=C1\CCn2c1nc1c(Cl)cc(Cl)cc1c2=O. The van der Waals surface area contributed by atoms with E-state index in [1.807, 2.05) is 0 Å². The molecule has 0 saturated carbocycles. The van der Waals surface area contributed by atoms with Crippen molar-refractivity contribution in [2.24, 2.45) is 0 Å². The molecule has 1 aromatic carbocycles. The van der Waals surface area contributed by atoms with E-state index in [-0.39, 0.29) is 5.56 Å². The highest BCUT2D eigenvalue weighted by Gasteiger charge is 2.22. The highest BCUT2D eigenvalue weighted by molar-refractivity contribution is 7.11. The van der Waals surface area contributed by atoms with Gasteiger partial charge in [0.25, 0.3) is 5.56 Å². The molecule has 4 rings (SSSR count). The smallest absolute Gasteiger partial charge is 0.261 e. The summed E-state index contributed by atoms with van der Waals surface area (Å²) in [6.45, 7) is 2.72. The number of thiophene rings is 1. The molecule has 3 heterocycles. The molecule has 116 valence electrons. The Bertz CT molecular complexity index is 1030. The van der Waals surface area contributed by atoms with Crippen molar-refractivity contribution in [2.75, 3.05) is 0 Å². The number of fused-ring (bicyclic) bond motifs is 2. The Morgan fingerprint density at radius 2 is 2.17 bits per heavy atom. The fraction of sp³-hybridized carbons (Fsp3) is 0.176. The van der Waals surface area contributed by atoms with E-state index in [1.165, 1.54) is 10.4 Å². The van der Waals surface area contributed by atoms with Crippen molar-refractivity contribution in [3.63, 3.8) is 0 Å². The van der Waals surface area contributed by atoms with Gasteiger partial charge in [-0.3, -0.25) is 9.36 Å². The van der Waals surface area contributed by atoms with Gasteiger partial charge in [-0.1, -0.05) is 23.2 Å². The molecular formula is C17H12Cl2N2OS. The van der Waals surface area contributed by atoms with Crippen LogP contribution < -0.4 is 5.56 Å². The van der Waals surface area contributed by atoms with Gasteiger partial charge in [0.2, 0.25) is 0 Å². The molecule has 6 heteroatoms. The molecule has 3 nitrogen and oxygen atoms in total. The quantitative estimate of drug-likeness (QED) is 0.609. The molecule has 0 radical (unpaired) electrons. The van der Waals surface area contributed by atoms with Crippen LogP contribution in [0.5, 0.6) is 0 Å². The van der Waals surface area contributed by atoms with E-state index in [0.717, 1.165) is 12.0 Å². The van der Waals surface area contributed by atoms with Gasteiger partial charge in [-0.2, -0.15) is 0 Å². The summed E-state index contributed by atoms with van der Waals surface area (Å²) in [6, 6.07) is 5.35. The molecule has 0 bridgehead atoms. The van der Waals surface area contributed by atoms with Crippen LogP contribution in [0.3, 0.4) is 0 Å². The van der Waals surface area contributed by atoms with Crippen molar-refractivity contribution in [1.82, 2.24) is 9.55 Å². The molecule has 0 atom stereocenters. The van der Waals surface area contributed by atoms with Crippen LogP contribution in [0, 0.1) is 6.92 Å². The Morgan fingerprint density at radius 3 is 2.91 bits per heavy atom. The number of rotatable bonds is 1. The minimum atomic E-state index is -0.0827. The fourth-order valence-corrected chi connectivity index (χ4v) is 4.29. The van der Waals surface area contributed by atoms with Gasteiger partial charge in [0.05, 0.1) is 15.9 Å². The Kier molecular flexibility index (Phi) is 3.56. The first kappa shape index (κ1) is 14.9. The molecule has 0 saturated heterocycles. The maximum Gasteiger partial charge on any atom is 0.261 e. The normalized spacial score (nSPS) is 15.5. The van der Waals surface area contributed by atoms with E-state index in [1.54, 1.807) is 28.0 Å². The first-order valence-electron chi connectivity index (χ1n) is 7.19. The monoisotopic (exact) mass is 362 g/mol. The van der Waals surface area contributed by atoms with Crippen LogP contribution in [0.15, 0.2) is 28.4 Å². The summed E-state index contributed by atoms with van der Waals surface area (Å²) in [5.41, 5.74) is 2.73. The summed E-state index contributed by atoms with van der Waals surface area (Å²) >= 11 is 13.9. The average molecular weight is 363 g/mol. The van der Waals surface area contributed by atoms with Crippen molar-refractivity contribution < 1.29 is 0 Å². The standard InChI is InChI=1S/C17H12Cl2N2OS/c1-9-3-5-23-14(9)6-10-2-4-21-16(10)20-15-12(17(21)22)7-11(18)8-13(15)19/h3,5-8H,2,4H2,1H3/b10-6+. The van der Waals surface area contributed by atoms with E-state index in [4.69, 9.17) is 23.2 Å². The number of aryl methyl sites for hydroxylation is 1. The average Bonchev–Trinajstić information content (AvgIpc) is 3.09. The van der Waals surface area contributed by atoms with Gasteiger partial charge in [0, 0.05) is 16.4 Å². The topological polar surface area (TPSA) is 34.9 Å². The Labute approximate surface area is 146 Å². The van der Waals surface area contributed by atoms with Crippen molar-refractivity contribution in [3.05, 3.63) is 60.2 Å². The van der Waals surface area contributed by atoms with Gasteiger partial charge < -0.3 is 0 Å². The number of halogens is 2. The largest absolute Gasteiger partial charge is 0.292 e. The second-order valence-electron chi connectivity index (χ2n) is 5.56. The summed E-state index contributed by atoms with van der Waals surface area (Å²) in [4.78, 5) is 18.6. The van der Waals surface area contributed by atoms with Crippen LogP contribution in [0.4, 0.5) is 0 Å². The third kappa shape index (κ3) is 2.42. The minimum absolute atomic E-state index is 0.0827. The zero-order chi connectivity index (χ0) is 16.1. The predicted octanol–water partition coefficient (Wildman–Crippen LogP) is 5.02. The molecule has 0 fully saturated rings. The summed E-state index contributed by atoms with van der Waals surface area (Å²) in [5, 5.41) is 3.40. The fourth-order valence-electron chi connectivity index (χ4n) is 2.87. The van der Waals surface area contributed by atoms with Crippen molar-refractivity contribution >= 4 is 57.1 Å². The van der Waals surface area contributed by atoms with E-state index < -0.39 is 0 Å². The van der Waals surface area contributed by atoms with Gasteiger partial charge in [0.15, 0.2) is 0 Å². The van der Waals surface area contributed by atoms with E-state index in [2.05, 4.69) is 29.4 Å². The van der Waals surface area contributed by atoms with Crippen molar-refractivity contribution in [2.45, 2.75) is 19.9 Å². The lowest BCUT2D eigenvalue weighted by atomic mass is 10.1. The first-order chi connectivity index (χ1) is 11.0. The molecule has 0 unspecified atom stereocenters. The van der Waals surface area contributed by atoms with E-state index in [9.17, 15) is 4.79 Å². The van der Waals surface area contributed by atoms with Crippen LogP contribution in [-0.2, 0) is 6.54 Å². The Balaban J connectivity index is 1.98. The maximum atomic E-state index is 12.7. The third-order valence-corrected chi connectivity index (χ3v) is 5.55. The highest BCUT2D eigenvalue weighted by atomic mass is 35.5. The van der Waals surface area contributed by atoms with Gasteiger partial charge >= 0.3 is 0 Å². The minimum Gasteiger partial charge on any atom is -0.292 e. The number of benzene rings is 1. The Hall–Kier alpha value is -1.62. The summed E-state index contributed by atoms with van der Waals surface area (Å²) in [6.07, 6.45) is 2.92. The molecule has 1 aliphatic heterocycles. The van der Waals surface area contributed by atoms with Gasteiger partial charge in [-0.15, -0.1) is 11.3 Å².